The van der Waals surface area contributed by atoms with Crippen molar-refractivity contribution in [1.82, 2.24) is 4.98 Å². The number of hydrogen-bond donors (Lipinski definition) is 0. The van der Waals surface area contributed by atoms with E-state index in [1.165, 1.54) is 12.5 Å². The van der Waals surface area contributed by atoms with Gasteiger partial charge < -0.3 is 4.90 Å². The number of hydrogen-bond acceptors (Lipinski definition) is 2. The van der Waals surface area contributed by atoms with Crippen molar-refractivity contribution < 1.29 is 13.2 Å². The highest BCUT2D eigenvalue weighted by atomic mass is 19.4. The molecule has 1 aromatic rings. The second-order valence-electron chi connectivity index (χ2n) is 5.13. The highest BCUT2D eigenvalue weighted by molar-refractivity contribution is 5.44. The van der Waals surface area contributed by atoms with Gasteiger partial charge in [-0.25, -0.2) is 4.98 Å². The van der Waals surface area contributed by atoms with Crippen LogP contribution in [0.15, 0.2) is 18.3 Å². The lowest BCUT2D eigenvalue weighted by Gasteiger charge is -2.35. The number of aromatic nitrogens is 1. The van der Waals surface area contributed by atoms with Crippen LogP contribution in [0.4, 0.5) is 19.0 Å². The van der Waals surface area contributed by atoms with E-state index < -0.39 is 11.7 Å². The molecule has 98 valence electrons. The van der Waals surface area contributed by atoms with Crippen LogP contribution in [-0.4, -0.2) is 17.1 Å². The van der Waals surface area contributed by atoms with Gasteiger partial charge in [-0.2, -0.15) is 13.2 Å². The minimum absolute atomic E-state index is 0.480. The molecule has 0 spiro atoms. The summed E-state index contributed by atoms with van der Waals surface area (Å²) in [6, 6.07) is 3.61. The molecule has 0 radical (unpaired) electrons. The van der Waals surface area contributed by atoms with Crippen LogP contribution in [-0.2, 0) is 6.18 Å². The molecule has 2 bridgehead atoms. The molecule has 5 heteroatoms. The predicted octanol–water partition coefficient (Wildman–Crippen LogP) is 3.62. The fraction of sp³-hybridized carbons (Fsp3) is 0.615. The van der Waals surface area contributed by atoms with E-state index in [0.29, 0.717) is 17.9 Å². The first-order valence-electron chi connectivity index (χ1n) is 6.37. The normalized spacial score (nSPS) is 27.6. The molecule has 0 N–H and O–H groups in total. The maximum absolute atomic E-state index is 12.5. The Morgan fingerprint density at radius 2 is 1.72 bits per heavy atom. The number of nitrogens with zero attached hydrogens (tertiary/aromatic N) is 2. The summed E-state index contributed by atoms with van der Waals surface area (Å²) in [5, 5.41) is 0. The molecule has 3 heterocycles. The molecule has 2 fully saturated rings. The number of anilines is 1. The molecule has 0 saturated carbocycles. The van der Waals surface area contributed by atoms with E-state index in [9.17, 15) is 13.2 Å². The van der Waals surface area contributed by atoms with Crippen LogP contribution >= 0.6 is 0 Å². The average Bonchev–Trinajstić information content (AvgIpc) is 2.58. The Balaban J connectivity index is 1.85. The molecule has 18 heavy (non-hydrogen) atoms. The Morgan fingerprint density at radius 3 is 2.22 bits per heavy atom. The van der Waals surface area contributed by atoms with Crippen molar-refractivity contribution in [2.45, 2.75) is 50.4 Å². The zero-order chi connectivity index (χ0) is 12.8. The number of rotatable bonds is 1. The number of alkyl halides is 3. The smallest absolute Gasteiger partial charge is 0.351 e. The number of halogens is 3. The topological polar surface area (TPSA) is 16.1 Å². The maximum atomic E-state index is 12.5. The highest BCUT2D eigenvalue weighted by Gasteiger charge is 2.37. The van der Waals surface area contributed by atoms with Gasteiger partial charge in [-0.1, -0.05) is 0 Å². The van der Waals surface area contributed by atoms with E-state index in [0.717, 1.165) is 37.9 Å². The molecular formula is C13H15F3N2. The van der Waals surface area contributed by atoms with Crippen molar-refractivity contribution in [2.24, 2.45) is 0 Å². The van der Waals surface area contributed by atoms with Crippen LogP contribution in [0.5, 0.6) is 0 Å². The summed E-state index contributed by atoms with van der Waals surface area (Å²) in [5.74, 6) is 0.704. The van der Waals surface area contributed by atoms with Gasteiger partial charge in [0.15, 0.2) is 0 Å². The molecule has 1 aromatic heterocycles. The third-order valence-corrected chi connectivity index (χ3v) is 4.03. The Bertz CT molecular complexity index is 411. The Morgan fingerprint density at radius 1 is 1.06 bits per heavy atom. The van der Waals surface area contributed by atoms with Gasteiger partial charge in [0.1, 0.15) is 5.82 Å². The molecule has 2 aliphatic heterocycles. The summed E-state index contributed by atoms with van der Waals surface area (Å²) in [6.45, 7) is 0. The lowest BCUT2D eigenvalue weighted by molar-refractivity contribution is -0.137. The van der Waals surface area contributed by atoms with Crippen molar-refractivity contribution in [3.63, 3.8) is 0 Å². The summed E-state index contributed by atoms with van der Waals surface area (Å²) < 4.78 is 37.4. The molecule has 2 nitrogen and oxygen atoms in total. The average molecular weight is 256 g/mol. The fourth-order valence-corrected chi connectivity index (χ4v) is 3.20. The first-order chi connectivity index (χ1) is 8.55. The molecule has 3 rings (SSSR count). The maximum Gasteiger partial charge on any atom is 0.417 e. The summed E-state index contributed by atoms with van der Waals surface area (Å²) in [7, 11) is 0. The second-order valence-corrected chi connectivity index (χ2v) is 5.13. The van der Waals surface area contributed by atoms with Gasteiger partial charge in [0, 0.05) is 18.3 Å². The minimum atomic E-state index is -4.30. The monoisotopic (exact) mass is 256 g/mol. The van der Waals surface area contributed by atoms with E-state index in [-0.39, 0.29) is 0 Å². The molecule has 0 aliphatic carbocycles. The van der Waals surface area contributed by atoms with E-state index in [1.807, 2.05) is 0 Å². The van der Waals surface area contributed by atoms with Crippen molar-refractivity contribution in [1.29, 1.82) is 0 Å². The summed E-state index contributed by atoms with van der Waals surface area (Å²) >= 11 is 0. The lowest BCUT2D eigenvalue weighted by atomic mass is 10.0. The summed E-state index contributed by atoms with van der Waals surface area (Å²) in [5.41, 5.74) is -0.671. The first kappa shape index (κ1) is 11.8. The molecular weight excluding hydrogens is 241 g/mol. The van der Waals surface area contributed by atoms with E-state index in [1.54, 1.807) is 0 Å². The number of fused-ring (bicyclic) bond motifs is 2. The molecule has 0 aromatic carbocycles. The van der Waals surface area contributed by atoms with Crippen LogP contribution in [0.1, 0.15) is 37.7 Å². The van der Waals surface area contributed by atoms with E-state index >= 15 is 0 Å². The molecule has 2 saturated heterocycles. The van der Waals surface area contributed by atoms with Crippen molar-refractivity contribution >= 4 is 5.82 Å². The van der Waals surface area contributed by atoms with E-state index in [4.69, 9.17) is 0 Å². The van der Waals surface area contributed by atoms with Crippen molar-refractivity contribution in [3.05, 3.63) is 23.9 Å². The highest BCUT2D eigenvalue weighted by Crippen LogP contribution is 2.39. The zero-order valence-corrected chi connectivity index (χ0v) is 9.95. The van der Waals surface area contributed by atoms with Crippen LogP contribution in [0.2, 0.25) is 0 Å². The van der Waals surface area contributed by atoms with E-state index in [2.05, 4.69) is 9.88 Å². The van der Waals surface area contributed by atoms with Crippen molar-refractivity contribution in [2.75, 3.05) is 4.90 Å². The van der Waals surface area contributed by atoms with Gasteiger partial charge in [-0.15, -0.1) is 0 Å². The Kier molecular flexibility index (Phi) is 2.72. The predicted molar refractivity (Wildman–Crippen MR) is 62.4 cm³/mol. The van der Waals surface area contributed by atoms with Crippen LogP contribution in [0, 0.1) is 0 Å². The lowest BCUT2D eigenvalue weighted by Crippen LogP contribution is -2.40. The third-order valence-electron chi connectivity index (χ3n) is 4.03. The van der Waals surface area contributed by atoms with Gasteiger partial charge in [0.05, 0.1) is 5.56 Å². The summed E-state index contributed by atoms with van der Waals surface area (Å²) in [6.07, 6.45) is 2.45. The molecule has 2 atom stereocenters. The number of pyridine rings is 1. The van der Waals surface area contributed by atoms with Gasteiger partial charge in [0.2, 0.25) is 0 Å². The van der Waals surface area contributed by atoms with Gasteiger partial charge in [-0.3, -0.25) is 0 Å². The minimum Gasteiger partial charge on any atom is -0.351 e. The van der Waals surface area contributed by atoms with Crippen LogP contribution < -0.4 is 4.90 Å². The SMILES string of the molecule is FC(F)(F)c1ccc(N2[C@@H]3CCC[C@H]2CC3)nc1. The second kappa shape index (κ2) is 4.14. The van der Waals surface area contributed by atoms with Crippen LogP contribution in [0.3, 0.4) is 0 Å². The van der Waals surface area contributed by atoms with Crippen LogP contribution in [0.25, 0.3) is 0 Å². The summed E-state index contributed by atoms with van der Waals surface area (Å²) in [4.78, 5) is 6.24. The van der Waals surface area contributed by atoms with Gasteiger partial charge in [0.25, 0.3) is 0 Å². The number of piperidine rings is 1. The standard InChI is InChI=1S/C13H15F3N2/c14-13(15,16)9-4-7-12(17-8-9)18-10-2-1-3-11(18)6-5-10/h4,7-8,10-11H,1-3,5-6H2/t10-,11+. The van der Waals surface area contributed by atoms with Gasteiger partial charge in [-0.05, 0) is 44.2 Å². The quantitative estimate of drug-likeness (QED) is 0.763. The Hall–Kier alpha value is -1.26. The zero-order valence-electron chi connectivity index (χ0n) is 9.95. The Labute approximate surface area is 104 Å². The van der Waals surface area contributed by atoms with Gasteiger partial charge >= 0.3 is 6.18 Å². The first-order valence-corrected chi connectivity index (χ1v) is 6.37. The molecule has 2 aliphatic rings. The fourth-order valence-electron chi connectivity index (χ4n) is 3.20. The largest absolute Gasteiger partial charge is 0.417 e. The molecule has 0 amide bonds. The molecule has 0 unspecified atom stereocenters. The van der Waals surface area contributed by atoms with Crippen molar-refractivity contribution in [3.8, 4) is 0 Å². The third kappa shape index (κ3) is 1.95.